The van der Waals surface area contributed by atoms with Gasteiger partial charge in [0.15, 0.2) is 0 Å². The standard InChI is InChI=1S/C14H10ClN3O3/c15-12-7-16-10(6-17-12)13(19)18-4-3-8-1-2-9(14(20)21)5-11(8)18/h1-2,5-7H,3-4H2,(H,20,21). The largest absolute Gasteiger partial charge is 0.478 e. The van der Waals surface area contributed by atoms with Crippen LogP contribution in [0.4, 0.5) is 5.69 Å². The molecule has 0 fully saturated rings. The van der Waals surface area contributed by atoms with E-state index in [1.54, 1.807) is 6.07 Å². The number of nitrogens with zero attached hydrogens (tertiary/aromatic N) is 3. The van der Waals surface area contributed by atoms with E-state index >= 15 is 0 Å². The Labute approximate surface area is 125 Å². The lowest BCUT2D eigenvalue weighted by Crippen LogP contribution is -2.29. The highest BCUT2D eigenvalue weighted by Gasteiger charge is 2.27. The average molecular weight is 304 g/mol. The van der Waals surface area contributed by atoms with Gasteiger partial charge in [-0.15, -0.1) is 0 Å². The van der Waals surface area contributed by atoms with Gasteiger partial charge in [-0.3, -0.25) is 4.79 Å². The fraction of sp³-hybridized carbons (Fsp3) is 0.143. The first-order chi connectivity index (χ1) is 10.1. The molecule has 3 rings (SSSR count). The van der Waals surface area contributed by atoms with Crippen LogP contribution in [-0.2, 0) is 6.42 Å². The van der Waals surface area contributed by atoms with E-state index in [9.17, 15) is 9.59 Å². The molecule has 0 atom stereocenters. The van der Waals surface area contributed by atoms with Crippen LogP contribution in [-0.4, -0.2) is 33.5 Å². The summed E-state index contributed by atoms with van der Waals surface area (Å²) in [5.74, 6) is -1.34. The number of halogens is 1. The van der Waals surface area contributed by atoms with Gasteiger partial charge in [-0.25, -0.2) is 14.8 Å². The normalized spacial score (nSPS) is 13.1. The van der Waals surface area contributed by atoms with Gasteiger partial charge < -0.3 is 10.0 Å². The van der Waals surface area contributed by atoms with Gasteiger partial charge in [-0.05, 0) is 24.1 Å². The van der Waals surface area contributed by atoms with E-state index in [4.69, 9.17) is 16.7 Å². The van der Waals surface area contributed by atoms with Gasteiger partial charge in [0.05, 0.1) is 18.0 Å². The van der Waals surface area contributed by atoms with E-state index in [1.165, 1.54) is 29.4 Å². The van der Waals surface area contributed by atoms with Crippen molar-refractivity contribution in [1.82, 2.24) is 9.97 Å². The third kappa shape index (κ3) is 2.45. The number of carboxylic acid groups (broad SMARTS) is 1. The Kier molecular flexibility index (Phi) is 3.31. The van der Waals surface area contributed by atoms with Crippen molar-refractivity contribution in [3.8, 4) is 0 Å². The molecule has 1 N–H and O–H groups in total. The first-order valence-electron chi connectivity index (χ1n) is 6.22. The fourth-order valence-electron chi connectivity index (χ4n) is 2.28. The quantitative estimate of drug-likeness (QED) is 0.917. The minimum Gasteiger partial charge on any atom is -0.478 e. The fourth-order valence-corrected chi connectivity index (χ4v) is 2.38. The highest BCUT2D eigenvalue weighted by atomic mass is 35.5. The molecule has 1 aromatic carbocycles. The average Bonchev–Trinajstić information content (AvgIpc) is 2.90. The maximum absolute atomic E-state index is 12.4. The van der Waals surface area contributed by atoms with Crippen LogP contribution in [0.5, 0.6) is 0 Å². The second-order valence-electron chi connectivity index (χ2n) is 4.58. The maximum atomic E-state index is 12.4. The molecule has 21 heavy (non-hydrogen) atoms. The van der Waals surface area contributed by atoms with E-state index in [2.05, 4.69) is 9.97 Å². The molecule has 106 valence electrons. The van der Waals surface area contributed by atoms with E-state index in [-0.39, 0.29) is 22.3 Å². The number of hydrogen-bond acceptors (Lipinski definition) is 4. The van der Waals surface area contributed by atoms with Crippen LogP contribution in [0.2, 0.25) is 5.15 Å². The summed E-state index contributed by atoms with van der Waals surface area (Å²) < 4.78 is 0. The summed E-state index contributed by atoms with van der Waals surface area (Å²) in [4.78, 5) is 32.8. The van der Waals surface area contributed by atoms with Gasteiger partial charge in [-0.1, -0.05) is 17.7 Å². The molecule has 0 aliphatic carbocycles. The Morgan fingerprint density at radius 2 is 2.05 bits per heavy atom. The van der Waals surface area contributed by atoms with Crippen molar-refractivity contribution < 1.29 is 14.7 Å². The molecule has 1 aliphatic rings. The molecule has 2 heterocycles. The zero-order chi connectivity index (χ0) is 15.0. The number of hydrogen-bond donors (Lipinski definition) is 1. The Balaban J connectivity index is 1.96. The second kappa shape index (κ2) is 5.14. The third-order valence-corrected chi connectivity index (χ3v) is 3.51. The van der Waals surface area contributed by atoms with Crippen molar-refractivity contribution in [2.45, 2.75) is 6.42 Å². The Morgan fingerprint density at radius 3 is 2.71 bits per heavy atom. The van der Waals surface area contributed by atoms with Gasteiger partial charge in [0.25, 0.3) is 5.91 Å². The molecule has 1 amide bonds. The predicted molar refractivity (Wildman–Crippen MR) is 75.8 cm³/mol. The minimum absolute atomic E-state index is 0.149. The van der Waals surface area contributed by atoms with Crippen LogP contribution in [0.1, 0.15) is 26.4 Å². The molecule has 1 aliphatic heterocycles. The lowest BCUT2D eigenvalue weighted by molar-refractivity contribution is 0.0696. The number of carboxylic acids is 1. The topological polar surface area (TPSA) is 83.4 Å². The molecular weight excluding hydrogens is 294 g/mol. The van der Waals surface area contributed by atoms with E-state index in [1.807, 2.05) is 0 Å². The Morgan fingerprint density at radius 1 is 1.24 bits per heavy atom. The number of carbonyl (C=O) groups excluding carboxylic acids is 1. The molecule has 0 saturated heterocycles. The van der Waals surface area contributed by atoms with Crippen molar-refractivity contribution in [3.63, 3.8) is 0 Å². The number of aromatic carboxylic acids is 1. The van der Waals surface area contributed by atoms with Crippen molar-refractivity contribution in [2.75, 3.05) is 11.4 Å². The SMILES string of the molecule is O=C(O)c1ccc2c(c1)N(C(=O)c1cnc(Cl)cn1)CC2. The highest BCUT2D eigenvalue weighted by molar-refractivity contribution is 6.29. The van der Waals surface area contributed by atoms with Crippen LogP contribution >= 0.6 is 11.6 Å². The summed E-state index contributed by atoms with van der Waals surface area (Å²) in [5.41, 5.74) is 1.87. The molecule has 0 spiro atoms. The molecule has 1 aromatic heterocycles. The number of anilines is 1. The lowest BCUT2D eigenvalue weighted by atomic mass is 10.1. The molecule has 0 saturated carbocycles. The van der Waals surface area contributed by atoms with Gasteiger partial charge in [-0.2, -0.15) is 0 Å². The Bertz CT molecular complexity index is 731. The molecular formula is C14H10ClN3O3. The third-order valence-electron chi connectivity index (χ3n) is 3.31. The summed E-state index contributed by atoms with van der Waals surface area (Å²) in [5, 5.41) is 9.26. The summed E-state index contributed by atoms with van der Waals surface area (Å²) in [6.45, 7) is 0.488. The summed E-state index contributed by atoms with van der Waals surface area (Å²) in [7, 11) is 0. The molecule has 0 unspecified atom stereocenters. The molecule has 2 aromatic rings. The van der Waals surface area contributed by atoms with Crippen molar-refractivity contribution in [2.24, 2.45) is 0 Å². The van der Waals surface area contributed by atoms with Crippen LogP contribution in [0, 0.1) is 0 Å². The number of rotatable bonds is 2. The minimum atomic E-state index is -1.02. The highest BCUT2D eigenvalue weighted by Crippen LogP contribution is 2.30. The van der Waals surface area contributed by atoms with E-state index in [0.717, 1.165) is 5.56 Å². The van der Waals surface area contributed by atoms with Crippen LogP contribution in [0.15, 0.2) is 30.6 Å². The monoisotopic (exact) mass is 303 g/mol. The van der Waals surface area contributed by atoms with Gasteiger partial charge in [0, 0.05) is 12.2 Å². The van der Waals surface area contributed by atoms with Crippen LogP contribution in [0.25, 0.3) is 0 Å². The summed E-state index contributed by atoms with van der Waals surface area (Å²) >= 11 is 5.65. The van der Waals surface area contributed by atoms with E-state index in [0.29, 0.717) is 18.7 Å². The predicted octanol–water partition coefficient (Wildman–Crippen LogP) is 2.03. The smallest absolute Gasteiger partial charge is 0.335 e. The van der Waals surface area contributed by atoms with Gasteiger partial charge in [0.1, 0.15) is 10.8 Å². The van der Waals surface area contributed by atoms with Crippen molar-refractivity contribution in [3.05, 3.63) is 52.6 Å². The molecule has 0 radical (unpaired) electrons. The second-order valence-corrected chi connectivity index (χ2v) is 4.97. The summed E-state index contributed by atoms with van der Waals surface area (Å²) in [6.07, 6.45) is 3.30. The number of carbonyl (C=O) groups is 2. The van der Waals surface area contributed by atoms with Gasteiger partial charge in [0.2, 0.25) is 0 Å². The molecule has 6 nitrogen and oxygen atoms in total. The number of amides is 1. The lowest BCUT2D eigenvalue weighted by Gasteiger charge is -2.17. The van der Waals surface area contributed by atoms with Crippen LogP contribution in [0.3, 0.4) is 0 Å². The molecule has 0 bridgehead atoms. The number of benzene rings is 1. The number of aromatic nitrogens is 2. The molecule has 7 heteroatoms. The summed E-state index contributed by atoms with van der Waals surface area (Å²) in [6, 6.07) is 4.78. The zero-order valence-corrected chi connectivity index (χ0v) is 11.5. The zero-order valence-electron chi connectivity index (χ0n) is 10.8. The van der Waals surface area contributed by atoms with Gasteiger partial charge >= 0.3 is 5.97 Å². The first-order valence-corrected chi connectivity index (χ1v) is 6.59. The van der Waals surface area contributed by atoms with Crippen molar-refractivity contribution >= 4 is 29.2 Å². The Hall–Kier alpha value is -2.47. The van der Waals surface area contributed by atoms with Crippen molar-refractivity contribution in [1.29, 1.82) is 0 Å². The maximum Gasteiger partial charge on any atom is 0.335 e. The van der Waals surface area contributed by atoms with E-state index < -0.39 is 5.97 Å². The number of fused-ring (bicyclic) bond motifs is 1. The first kappa shape index (κ1) is 13.5. The van der Waals surface area contributed by atoms with Crippen LogP contribution < -0.4 is 4.90 Å².